The summed E-state index contributed by atoms with van der Waals surface area (Å²) in [7, 11) is 0. The van der Waals surface area contributed by atoms with Gasteiger partial charge in [0, 0.05) is 43.5 Å². The van der Waals surface area contributed by atoms with Gasteiger partial charge in [0.2, 0.25) is 5.91 Å². The second-order valence-electron chi connectivity index (χ2n) is 8.88. The van der Waals surface area contributed by atoms with Crippen LogP contribution in [0.25, 0.3) is 11.1 Å². The van der Waals surface area contributed by atoms with Crippen molar-refractivity contribution in [3.63, 3.8) is 0 Å². The number of hydrogen-bond donors (Lipinski definition) is 4. The minimum absolute atomic E-state index is 0.0545. The maximum atomic E-state index is 13.4. The van der Waals surface area contributed by atoms with Gasteiger partial charge in [0.25, 0.3) is 11.8 Å². The molecule has 0 radical (unpaired) electrons. The number of aryl methyl sites for hydroxylation is 1. The second kappa shape index (κ2) is 10.3. The zero-order chi connectivity index (χ0) is 26.9. The van der Waals surface area contributed by atoms with Crippen molar-refractivity contribution in [2.24, 2.45) is 0 Å². The summed E-state index contributed by atoms with van der Waals surface area (Å²) >= 11 is 0. The molecule has 3 aromatic rings. The van der Waals surface area contributed by atoms with Crippen LogP contribution in [0, 0.1) is 18.6 Å². The average molecular weight is 510 g/mol. The van der Waals surface area contributed by atoms with E-state index >= 15 is 0 Å². The van der Waals surface area contributed by atoms with Crippen LogP contribution in [0.2, 0.25) is 0 Å². The van der Waals surface area contributed by atoms with Gasteiger partial charge in [-0.25, -0.2) is 13.8 Å². The fourth-order valence-corrected chi connectivity index (χ4v) is 4.05. The molecule has 9 nitrogen and oxygen atoms in total. The third-order valence-electron chi connectivity index (χ3n) is 6.08. The Labute approximate surface area is 211 Å². The Kier molecular flexibility index (Phi) is 7.16. The van der Waals surface area contributed by atoms with E-state index in [-0.39, 0.29) is 28.9 Å². The second-order valence-corrected chi connectivity index (χ2v) is 8.88. The van der Waals surface area contributed by atoms with Crippen LogP contribution in [0.5, 0.6) is 0 Å². The number of benzene rings is 2. The summed E-state index contributed by atoms with van der Waals surface area (Å²) in [6.45, 7) is 4.12. The largest absolute Gasteiger partial charge is 0.383 e. The summed E-state index contributed by atoms with van der Waals surface area (Å²) in [5, 5.41) is 15.6. The van der Waals surface area contributed by atoms with Crippen LogP contribution in [0.3, 0.4) is 0 Å². The van der Waals surface area contributed by atoms with Gasteiger partial charge in [-0.3, -0.25) is 14.4 Å². The summed E-state index contributed by atoms with van der Waals surface area (Å²) < 4.78 is 26.9. The Bertz CT molecular complexity index is 1370. The number of aliphatic hydroxyl groups excluding tert-OH is 1. The minimum Gasteiger partial charge on any atom is -0.383 e. The summed E-state index contributed by atoms with van der Waals surface area (Å²) in [5.74, 6) is -3.06. The van der Waals surface area contributed by atoms with Gasteiger partial charge in [0.1, 0.15) is 17.5 Å². The zero-order valence-electron chi connectivity index (χ0n) is 20.1. The van der Waals surface area contributed by atoms with Crippen LogP contribution in [0.4, 0.5) is 20.3 Å². The zero-order valence-corrected chi connectivity index (χ0v) is 20.1. The Morgan fingerprint density at radius 3 is 2.41 bits per heavy atom. The Balaban J connectivity index is 1.47. The quantitative estimate of drug-likeness (QED) is 0.403. The van der Waals surface area contributed by atoms with Crippen molar-refractivity contribution in [3.05, 3.63) is 77.0 Å². The number of aliphatic hydroxyl groups is 1. The van der Waals surface area contributed by atoms with Crippen molar-refractivity contribution in [1.29, 1.82) is 0 Å². The van der Waals surface area contributed by atoms with E-state index in [1.54, 1.807) is 36.1 Å². The molecule has 11 heteroatoms. The molecule has 1 saturated heterocycles. The van der Waals surface area contributed by atoms with Gasteiger partial charge in [-0.15, -0.1) is 0 Å². The monoisotopic (exact) mass is 509 g/mol. The van der Waals surface area contributed by atoms with Crippen molar-refractivity contribution in [1.82, 2.24) is 15.2 Å². The molecule has 1 unspecified atom stereocenters. The first kappa shape index (κ1) is 25.7. The number of hydrogen-bond acceptors (Lipinski definition) is 6. The highest BCUT2D eigenvalue weighted by atomic mass is 19.1. The van der Waals surface area contributed by atoms with E-state index in [4.69, 9.17) is 5.73 Å². The fourth-order valence-electron chi connectivity index (χ4n) is 4.05. The molecule has 1 atom stereocenters. The lowest BCUT2D eigenvalue weighted by atomic mass is 9.99. The molecular weight excluding hydrogens is 484 g/mol. The molecule has 0 bridgehead atoms. The number of pyridine rings is 1. The first-order valence-electron chi connectivity index (χ1n) is 11.4. The highest BCUT2D eigenvalue weighted by Crippen LogP contribution is 2.28. The highest BCUT2D eigenvalue weighted by molar-refractivity contribution is 6.00. The van der Waals surface area contributed by atoms with E-state index in [0.717, 1.165) is 23.3 Å². The van der Waals surface area contributed by atoms with Crippen LogP contribution < -0.4 is 16.4 Å². The topological polar surface area (TPSA) is 138 Å². The standard InChI is InChI=1S/C26H25F2N5O4/c1-13-5-19(31-26(37)23(35)15-6-17(27)9-18(28)7-15)3-4-21(13)16-8-22(24(29)30-10-16)25(36)32-20-11-33(12-20)14(2)34/h3-10,20,23,35H,11-12H2,1-2H3,(H2,29,30)(H,31,37)(H,32,36). The molecule has 0 spiro atoms. The number of nitrogens with two attached hydrogens (primary N) is 1. The molecule has 1 aliphatic rings. The number of rotatable bonds is 6. The lowest BCUT2D eigenvalue weighted by Gasteiger charge is -2.38. The molecule has 5 N–H and O–H groups in total. The number of aromatic nitrogens is 1. The Morgan fingerprint density at radius 2 is 1.78 bits per heavy atom. The van der Waals surface area contributed by atoms with Gasteiger partial charge < -0.3 is 26.4 Å². The van der Waals surface area contributed by atoms with Crippen LogP contribution in [0.1, 0.15) is 34.5 Å². The van der Waals surface area contributed by atoms with Crippen LogP contribution >= 0.6 is 0 Å². The SMILES string of the molecule is CC(=O)N1CC(NC(=O)c2cc(-c3ccc(NC(=O)C(O)c4cc(F)cc(F)c4)cc3C)cnc2N)C1. The van der Waals surface area contributed by atoms with Gasteiger partial charge in [-0.1, -0.05) is 6.07 Å². The summed E-state index contributed by atoms with van der Waals surface area (Å²) in [5.41, 5.74) is 8.33. The number of nitrogens with zero attached hydrogens (tertiary/aromatic N) is 2. The third-order valence-corrected chi connectivity index (χ3v) is 6.08. The molecule has 0 saturated carbocycles. The molecule has 3 amide bonds. The van der Waals surface area contributed by atoms with E-state index in [9.17, 15) is 28.3 Å². The molecule has 1 fully saturated rings. The molecule has 37 heavy (non-hydrogen) atoms. The number of anilines is 2. The summed E-state index contributed by atoms with van der Waals surface area (Å²) in [6, 6.07) is 8.79. The fraction of sp³-hybridized carbons (Fsp3) is 0.231. The molecule has 4 rings (SSSR count). The molecular formula is C26H25F2N5O4. The summed E-state index contributed by atoms with van der Waals surface area (Å²) in [4.78, 5) is 42.3. The third kappa shape index (κ3) is 5.72. The van der Waals surface area contributed by atoms with Gasteiger partial charge in [-0.2, -0.15) is 0 Å². The number of halogens is 2. The number of carbonyl (C=O) groups excluding carboxylic acids is 3. The first-order chi connectivity index (χ1) is 17.5. The van der Waals surface area contributed by atoms with Crippen LogP contribution in [0.15, 0.2) is 48.7 Å². The number of nitrogens with one attached hydrogen (secondary N) is 2. The van der Waals surface area contributed by atoms with Gasteiger partial charge in [0.05, 0.1) is 11.6 Å². The minimum atomic E-state index is -1.77. The van der Waals surface area contributed by atoms with Crippen molar-refractivity contribution < 1.29 is 28.3 Å². The smallest absolute Gasteiger partial charge is 0.257 e. The molecule has 1 aliphatic heterocycles. The number of carbonyl (C=O) groups is 3. The average Bonchev–Trinajstić information content (AvgIpc) is 2.80. The normalized spacial score (nSPS) is 14.0. The van der Waals surface area contributed by atoms with E-state index < -0.39 is 29.6 Å². The molecule has 2 heterocycles. The Hall–Kier alpha value is -4.38. The van der Waals surface area contributed by atoms with Gasteiger partial charge in [-0.05, 0) is 53.9 Å². The van der Waals surface area contributed by atoms with E-state index in [0.29, 0.717) is 30.4 Å². The van der Waals surface area contributed by atoms with E-state index in [1.807, 2.05) is 0 Å². The molecule has 2 aromatic carbocycles. The summed E-state index contributed by atoms with van der Waals surface area (Å²) in [6.07, 6.45) is -0.249. The van der Waals surface area contributed by atoms with Gasteiger partial charge >= 0.3 is 0 Å². The van der Waals surface area contributed by atoms with Crippen LogP contribution in [-0.2, 0) is 9.59 Å². The molecule has 1 aromatic heterocycles. The first-order valence-corrected chi connectivity index (χ1v) is 11.4. The maximum absolute atomic E-state index is 13.4. The molecule has 192 valence electrons. The molecule has 0 aliphatic carbocycles. The number of likely N-dealkylation sites (tertiary alicyclic amines) is 1. The predicted molar refractivity (Wildman–Crippen MR) is 132 cm³/mol. The number of amides is 3. The van der Waals surface area contributed by atoms with Crippen molar-refractivity contribution in [2.45, 2.75) is 26.0 Å². The van der Waals surface area contributed by atoms with Crippen LogP contribution in [-0.4, -0.2) is 51.8 Å². The number of nitrogen functional groups attached to an aromatic ring is 1. The van der Waals surface area contributed by atoms with E-state index in [2.05, 4.69) is 15.6 Å². The van der Waals surface area contributed by atoms with Crippen molar-refractivity contribution in [2.75, 3.05) is 24.1 Å². The van der Waals surface area contributed by atoms with Crippen molar-refractivity contribution in [3.8, 4) is 11.1 Å². The van der Waals surface area contributed by atoms with Crippen molar-refractivity contribution >= 4 is 29.2 Å². The highest BCUT2D eigenvalue weighted by Gasteiger charge is 2.30. The van der Waals surface area contributed by atoms with E-state index in [1.165, 1.54) is 13.1 Å². The lowest BCUT2D eigenvalue weighted by Crippen LogP contribution is -2.60. The Morgan fingerprint density at radius 1 is 1.11 bits per heavy atom. The van der Waals surface area contributed by atoms with Gasteiger partial charge in [0.15, 0.2) is 6.10 Å². The lowest BCUT2D eigenvalue weighted by molar-refractivity contribution is -0.133. The predicted octanol–water partition coefficient (Wildman–Crippen LogP) is 2.55. The maximum Gasteiger partial charge on any atom is 0.257 e.